The van der Waals surface area contributed by atoms with E-state index in [2.05, 4.69) is 25.7 Å². The minimum Gasteiger partial charge on any atom is -0.435 e. The number of hydrogen-bond acceptors (Lipinski definition) is 4. The Kier molecular flexibility index (Phi) is 5.40. The molecule has 5 nitrogen and oxygen atoms in total. The first-order chi connectivity index (χ1) is 10.5. The van der Waals surface area contributed by atoms with Crippen molar-refractivity contribution in [2.24, 2.45) is 5.84 Å². The summed E-state index contributed by atoms with van der Waals surface area (Å²) < 4.78 is 29.8. The zero-order valence-corrected chi connectivity index (χ0v) is 12.8. The molecule has 0 radical (unpaired) electrons. The third kappa shape index (κ3) is 4.22. The van der Waals surface area contributed by atoms with Crippen molar-refractivity contribution >= 4 is 27.7 Å². The summed E-state index contributed by atoms with van der Waals surface area (Å²) >= 11 is 3.22. The number of rotatable bonds is 5. The maximum atomic E-state index is 12.3. The van der Waals surface area contributed by atoms with Gasteiger partial charge >= 0.3 is 6.61 Å². The molecule has 2 rings (SSSR count). The van der Waals surface area contributed by atoms with Crippen LogP contribution in [-0.4, -0.2) is 17.5 Å². The molecular formula is C14H12BrF2N3O2. The molecule has 22 heavy (non-hydrogen) atoms. The van der Waals surface area contributed by atoms with Gasteiger partial charge in [0.2, 0.25) is 5.91 Å². The highest BCUT2D eigenvalue weighted by Crippen LogP contribution is 2.22. The molecule has 2 N–H and O–H groups in total. The third-order valence-corrected chi connectivity index (χ3v) is 3.23. The number of aromatic nitrogens is 1. The van der Waals surface area contributed by atoms with Crippen molar-refractivity contribution in [1.29, 1.82) is 0 Å². The van der Waals surface area contributed by atoms with Gasteiger partial charge in [-0.2, -0.15) is 8.78 Å². The summed E-state index contributed by atoms with van der Waals surface area (Å²) in [5.74, 6) is 5.40. The molecule has 0 bridgehead atoms. The first-order valence-electron chi connectivity index (χ1n) is 6.19. The molecule has 1 aromatic carbocycles. The Bertz CT molecular complexity index is 653. The van der Waals surface area contributed by atoms with E-state index < -0.39 is 12.5 Å². The maximum Gasteiger partial charge on any atom is 0.387 e. The first-order valence-corrected chi connectivity index (χ1v) is 6.98. The number of carbonyl (C=O) groups is 1. The average molecular weight is 372 g/mol. The number of alkyl halides is 2. The lowest BCUT2D eigenvalue weighted by Crippen LogP contribution is -2.39. The number of hydrogen-bond donors (Lipinski definition) is 1. The summed E-state index contributed by atoms with van der Waals surface area (Å²) in [4.78, 5) is 16.1. The first kappa shape index (κ1) is 16.3. The van der Waals surface area contributed by atoms with Gasteiger partial charge in [0.05, 0.1) is 6.42 Å². The summed E-state index contributed by atoms with van der Waals surface area (Å²) in [6.45, 7) is -2.96. The van der Waals surface area contributed by atoms with Gasteiger partial charge in [-0.15, -0.1) is 0 Å². The van der Waals surface area contributed by atoms with Crippen LogP contribution in [0.15, 0.2) is 47.1 Å². The topological polar surface area (TPSA) is 68.5 Å². The predicted molar refractivity (Wildman–Crippen MR) is 80.4 cm³/mol. The number of hydrazine groups is 1. The van der Waals surface area contributed by atoms with E-state index in [1.807, 2.05) is 0 Å². The minimum absolute atomic E-state index is 0.0528. The van der Waals surface area contributed by atoms with Crippen molar-refractivity contribution < 1.29 is 18.3 Å². The van der Waals surface area contributed by atoms with Crippen molar-refractivity contribution in [2.45, 2.75) is 13.0 Å². The molecule has 0 spiro atoms. The van der Waals surface area contributed by atoms with Gasteiger partial charge in [0.25, 0.3) is 0 Å². The SMILES string of the molecule is NN(C(=O)Cc1ccccc1OC(F)F)c1ccc(Br)cn1. The van der Waals surface area contributed by atoms with E-state index in [4.69, 9.17) is 5.84 Å². The number of pyridine rings is 1. The molecule has 1 amide bonds. The van der Waals surface area contributed by atoms with Gasteiger partial charge in [0, 0.05) is 16.2 Å². The summed E-state index contributed by atoms with van der Waals surface area (Å²) in [5, 5.41) is 0.867. The van der Waals surface area contributed by atoms with Crippen molar-refractivity contribution in [1.82, 2.24) is 4.98 Å². The Balaban J connectivity index is 2.13. The molecule has 1 heterocycles. The average Bonchev–Trinajstić information content (AvgIpc) is 2.48. The summed E-state index contributed by atoms with van der Waals surface area (Å²) in [6, 6.07) is 9.31. The Labute approximate surface area is 133 Å². The molecule has 0 saturated carbocycles. The number of carbonyl (C=O) groups excluding carboxylic acids is 1. The third-order valence-electron chi connectivity index (χ3n) is 2.76. The Morgan fingerprint density at radius 3 is 2.68 bits per heavy atom. The van der Waals surface area contributed by atoms with Crippen molar-refractivity contribution in [2.75, 3.05) is 5.01 Å². The highest BCUT2D eigenvalue weighted by molar-refractivity contribution is 9.10. The predicted octanol–water partition coefficient (Wildman–Crippen LogP) is 2.89. The van der Waals surface area contributed by atoms with E-state index in [-0.39, 0.29) is 18.0 Å². The lowest BCUT2D eigenvalue weighted by molar-refractivity contribution is -0.118. The van der Waals surface area contributed by atoms with Crippen LogP contribution < -0.4 is 15.6 Å². The summed E-state index contributed by atoms with van der Waals surface area (Å²) in [6.07, 6.45) is 1.31. The van der Waals surface area contributed by atoms with Crippen LogP contribution in [0.2, 0.25) is 0 Å². The number of nitrogens with two attached hydrogens (primary N) is 1. The van der Waals surface area contributed by atoms with Crippen LogP contribution in [0.5, 0.6) is 5.75 Å². The largest absolute Gasteiger partial charge is 0.435 e. The Morgan fingerprint density at radius 1 is 1.32 bits per heavy atom. The standard InChI is InChI=1S/C14H12BrF2N3O2/c15-10-5-6-12(19-8-10)20(18)13(21)7-9-3-1-2-4-11(9)22-14(16)17/h1-6,8,14H,7,18H2. The molecule has 0 aliphatic rings. The zero-order chi connectivity index (χ0) is 16.1. The number of amides is 1. The number of para-hydroxylation sites is 1. The van der Waals surface area contributed by atoms with Gasteiger partial charge in [-0.05, 0) is 34.1 Å². The second kappa shape index (κ2) is 7.28. The van der Waals surface area contributed by atoms with Crippen LogP contribution in [0, 0.1) is 0 Å². The fourth-order valence-electron chi connectivity index (χ4n) is 1.75. The van der Waals surface area contributed by atoms with E-state index in [0.29, 0.717) is 5.56 Å². The maximum absolute atomic E-state index is 12.3. The number of benzene rings is 1. The van der Waals surface area contributed by atoms with E-state index in [0.717, 1.165) is 9.48 Å². The molecular weight excluding hydrogens is 360 g/mol. The number of nitrogens with zero attached hydrogens (tertiary/aromatic N) is 2. The van der Waals surface area contributed by atoms with Crippen LogP contribution in [0.3, 0.4) is 0 Å². The zero-order valence-electron chi connectivity index (χ0n) is 11.2. The van der Waals surface area contributed by atoms with E-state index >= 15 is 0 Å². The number of ether oxygens (including phenoxy) is 1. The van der Waals surface area contributed by atoms with Gasteiger partial charge in [-0.3, -0.25) is 4.79 Å². The second-order valence-electron chi connectivity index (χ2n) is 4.26. The van der Waals surface area contributed by atoms with Crippen LogP contribution in [0.1, 0.15) is 5.56 Å². The van der Waals surface area contributed by atoms with Gasteiger partial charge in [-0.1, -0.05) is 18.2 Å². The van der Waals surface area contributed by atoms with Gasteiger partial charge in [-0.25, -0.2) is 15.8 Å². The molecule has 0 unspecified atom stereocenters. The van der Waals surface area contributed by atoms with Crippen LogP contribution >= 0.6 is 15.9 Å². The second-order valence-corrected chi connectivity index (χ2v) is 5.18. The molecule has 0 atom stereocenters. The highest BCUT2D eigenvalue weighted by Gasteiger charge is 2.17. The normalized spacial score (nSPS) is 10.6. The van der Waals surface area contributed by atoms with Gasteiger partial charge in [0.1, 0.15) is 11.6 Å². The van der Waals surface area contributed by atoms with E-state index in [1.165, 1.54) is 18.3 Å². The van der Waals surface area contributed by atoms with Gasteiger partial charge < -0.3 is 4.74 Å². The van der Waals surface area contributed by atoms with Crippen LogP contribution in [0.4, 0.5) is 14.6 Å². The molecule has 8 heteroatoms. The van der Waals surface area contributed by atoms with Crippen LogP contribution in [-0.2, 0) is 11.2 Å². The molecule has 1 aromatic heterocycles. The Morgan fingerprint density at radius 2 is 2.05 bits per heavy atom. The number of anilines is 1. The summed E-state index contributed by atoms with van der Waals surface area (Å²) in [5.41, 5.74) is 0.320. The van der Waals surface area contributed by atoms with Crippen molar-refractivity contribution in [3.63, 3.8) is 0 Å². The highest BCUT2D eigenvalue weighted by atomic mass is 79.9. The molecule has 2 aromatic rings. The van der Waals surface area contributed by atoms with E-state index in [1.54, 1.807) is 24.3 Å². The fraction of sp³-hybridized carbons (Fsp3) is 0.143. The van der Waals surface area contributed by atoms with E-state index in [9.17, 15) is 13.6 Å². The van der Waals surface area contributed by atoms with Crippen molar-refractivity contribution in [3.8, 4) is 5.75 Å². The Hall–Kier alpha value is -2.06. The number of halogens is 3. The smallest absolute Gasteiger partial charge is 0.387 e. The monoisotopic (exact) mass is 371 g/mol. The quantitative estimate of drug-likeness (QED) is 0.498. The lowest BCUT2D eigenvalue weighted by atomic mass is 10.1. The molecule has 0 aliphatic carbocycles. The van der Waals surface area contributed by atoms with Crippen LogP contribution in [0.25, 0.3) is 0 Å². The summed E-state index contributed by atoms with van der Waals surface area (Å²) in [7, 11) is 0. The van der Waals surface area contributed by atoms with Crippen molar-refractivity contribution in [3.05, 3.63) is 52.6 Å². The van der Waals surface area contributed by atoms with Gasteiger partial charge in [0.15, 0.2) is 0 Å². The molecule has 116 valence electrons. The lowest BCUT2D eigenvalue weighted by Gasteiger charge is -2.16. The molecule has 0 fully saturated rings. The fourth-order valence-corrected chi connectivity index (χ4v) is 1.98. The minimum atomic E-state index is -2.96. The molecule has 0 aliphatic heterocycles. The molecule has 0 saturated heterocycles.